The third kappa shape index (κ3) is 3.08. The maximum atomic E-state index is 11.9. The number of aliphatic carboxylic acids is 1. The molecule has 1 fully saturated rings. The van der Waals surface area contributed by atoms with Gasteiger partial charge in [-0.05, 0) is 30.2 Å². The molecule has 18 heavy (non-hydrogen) atoms. The molecular formula is C12H15NO4S. The van der Waals surface area contributed by atoms with E-state index in [9.17, 15) is 14.7 Å². The smallest absolute Gasteiger partial charge is 0.326 e. The van der Waals surface area contributed by atoms with E-state index in [1.165, 1.54) is 11.3 Å². The van der Waals surface area contributed by atoms with Crippen LogP contribution in [0.3, 0.4) is 0 Å². The summed E-state index contributed by atoms with van der Waals surface area (Å²) in [5, 5.41) is 15.3. The third-order valence-electron chi connectivity index (χ3n) is 3.07. The van der Waals surface area contributed by atoms with Gasteiger partial charge in [0, 0.05) is 18.6 Å². The summed E-state index contributed by atoms with van der Waals surface area (Å²) in [6.45, 7) is 1.12. The second-order valence-electron chi connectivity index (χ2n) is 4.25. The summed E-state index contributed by atoms with van der Waals surface area (Å²) in [5.74, 6) is -1.36. The van der Waals surface area contributed by atoms with Crippen LogP contribution in [0.5, 0.6) is 0 Å². The average molecular weight is 269 g/mol. The summed E-state index contributed by atoms with van der Waals surface area (Å²) in [4.78, 5) is 23.1. The van der Waals surface area contributed by atoms with Crippen molar-refractivity contribution < 1.29 is 19.4 Å². The number of ether oxygens (including phenoxy) is 1. The molecule has 0 saturated carbocycles. The van der Waals surface area contributed by atoms with Crippen LogP contribution in [0.25, 0.3) is 0 Å². The molecule has 1 saturated heterocycles. The highest BCUT2D eigenvalue weighted by atomic mass is 32.1. The van der Waals surface area contributed by atoms with Crippen LogP contribution in [-0.4, -0.2) is 36.2 Å². The molecule has 1 aliphatic rings. The van der Waals surface area contributed by atoms with E-state index in [0.717, 1.165) is 0 Å². The Morgan fingerprint density at radius 3 is 2.72 bits per heavy atom. The van der Waals surface area contributed by atoms with E-state index < -0.39 is 12.0 Å². The molecule has 6 heteroatoms. The standard InChI is InChI=1S/C12H15NO4S/c14-11(9-3-6-18-7-9)13-10(12(15)16)8-1-4-17-5-2-8/h3,6-8,10H,1-2,4-5H2,(H,13,14)(H,15,16). The van der Waals surface area contributed by atoms with Crippen LogP contribution >= 0.6 is 11.3 Å². The van der Waals surface area contributed by atoms with Gasteiger partial charge in [-0.3, -0.25) is 4.79 Å². The molecule has 98 valence electrons. The number of carboxylic acid groups (broad SMARTS) is 1. The zero-order valence-corrected chi connectivity index (χ0v) is 10.6. The molecule has 5 nitrogen and oxygen atoms in total. The molecular weight excluding hydrogens is 254 g/mol. The van der Waals surface area contributed by atoms with Crippen LogP contribution in [0.2, 0.25) is 0 Å². The minimum absolute atomic E-state index is 0.0566. The van der Waals surface area contributed by atoms with Gasteiger partial charge in [0.1, 0.15) is 6.04 Å². The van der Waals surface area contributed by atoms with E-state index in [1.54, 1.807) is 16.8 Å². The van der Waals surface area contributed by atoms with Gasteiger partial charge in [0.15, 0.2) is 0 Å². The van der Waals surface area contributed by atoms with Crippen molar-refractivity contribution in [2.45, 2.75) is 18.9 Å². The molecule has 1 aliphatic heterocycles. The highest BCUT2D eigenvalue weighted by molar-refractivity contribution is 7.08. The van der Waals surface area contributed by atoms with Crippen molar-refractivity contribution in [3.8, 4) is 0 Å². The SMILES string of the molecule is O=C(NC(C(=O)O)C1CCOCC1)c1ccsc1. The Balaban J connectivity index is 2.02. The minimum Gasteiger partial charge on any atom is -0.480 e. The Bertz CT molecular complexity index is 412. The van der Waals surface area contributed by atoms with Crippen molar-refractivity contribution in [1.29, 1.82) is 0 Å². The van der Waals surface area contributed by atoms with Gasteiger partial charge >= 0.3 is 5.97 Å². The summed E-state index contributed by atoms with van der Waals surface area (Å²) in [7, 11) is 0. The van der Waals surface area contributed by atoms with Crippen LogP contribution in [0.15, 0.2) is 16.8 Å². The summed E-state index contributed by atoms with van der Waals surface area (Å²) < 4.78 is 5.20. The molecule has 0 aromatic carbocycles. The molecule has 1 aromatic rings. The highest BCUT2D eigenvalue weighted by Gasteiger charge is 2.31. The van der Waals surface area contributed by atoms with Crippen LogP contribution in [-0.2, 0) is 9.53 Å². The molecule has 0 radical (unpaired) electrons. The first-order valence-corrected chi connectivity index (χ1v) is 6.76. The molecule has 2 N–H and O–H groups in total. The lowest BCUT2D eigenvalue weighted by atomic mass is 9.91. The lowest BCUT2D eigenvalue weighted by Gasteiger charge is -2.28. The molecule has 2 heterocycles. The number of thiophene rings is 1. The Kier molecular flexibility index (Phi) is 4.33. The summed E-state index contributed by atoms with van der Waals surface area (Å²) in [5.41, 5.74) is 0.512. The number of hydrogen-bond acceptors (Lipinski definition) is 4. The average Bonchev–Trinajstić information content (AvgIpc) is 2.90. The Morgan fingerprint density at radius 2 is 2.17 bits per heavy atom. The number of rotatable bonds is 4. The zero-order valence-electron chi connectivity index (χ0n) is 9.80. The first-order chi connectivity index (χ1) is 8.68. The minimum atomic E-state index is -0.981. The Morgan fingerprint density at radius 1 is 1.44 bits per heavy atom. The summed E-state index contributed by atoms with van der Waals surface area (Å²) in [6, 6.07) is 0.851. The van der Waals surface area contributed by atoms with E-state index >= 15 is 0 Å². The van der Waals surface area contributed by atoms with Gasteiger partial charge in [0.2, 0.25) is 0 Å². The number of carboxylic acids is 1. The third-order valence-corrected chi connectivity index (χ3v) is 3.76. The van der Waals surface area contributed by atoms with Crippen molar-refractivity contribution >= 4 is 23.2 Å². The fraction of sp³-hybridized carbons (Fsp3) is 0.500. The van der Waals surface area contributed by atoms with Crippen LogP contribution in [0, 0.1) is 5.92 Å². The van der Waals surface area contributed by atoms with Gasteiger partial charge in [-0.25, -0.2) is 4.79 Å². The Labute approximate surface area is 109 Å². The number of carbonyl (C=O) groups is 2. The molecule has 0 aliphatic carbocycles. The van der Waals surface area contributed by atoms with Gasteiger partial charge in [0.25, 0.3) is 5.91 Å². The van der Waals surface area contributed by atoms with Gasteiger partial charge in [0.05, 0.1) is 5.56 Å². The molecule has 1 amide bonds. The predicted octanol–water partition coefficient (Wildman–Crippen LogP) is 1.36. The fourth-order valence-electron chi connectivity index (χ4n) is 2.05. The molecule has 1 aromatic heterocycles. The van der Waals surface area contributed by atoms with E-state index in [-0.39, 0.29) is 11.8 Å². The quantitative estimate of drug-likeness (QED) is 0.865. The largest absolute Gasteiger partial charge is 0.480 e. The molecule has 1 atom stereocenters. The van der Waals surface area contributed by atoms with E-state index in [2.05, 4.69) is 5.32 Å². The predicted molar refractivity (Wildman–Crippen MR) is 66.8 cm³/mol. The lowest BCUT2D eigenvalue weighted by molar-refractivity contribution is -0.141. The number of amides is 1. The van der Waals surface area contributed by atoms with E-state index in [1.807, 2.05) is 0 Å². The fourth-order valence-corrected chi connectivity index (χ4v) is 2.68. The molecule has 0 bridgehead atoms. The maximum absolute atomic E-state index is 11.9. The van der Waals surface area contributed by atoms with Gasteiger partial charge in [-0.1, -0.05) is 0 Å². The lowest BCUT2D eigenvalue weighted by Crippen LogP contribution is -2.47. The molecule has 0 spiro atoms. The number of carbonyl (C=O) groups excluding carboxylic acids is 1. The topological polar surface area (TPSA) is 75.6 Å². The monoisotopic (exact) mass is 269 g/mol. The van der Waals surface area contributed by atoms with Gasteiger partial charge in [-0.2, -0.15) is 11.3 Å². The van der Waals surface area contributed by atoms with Crippen molar-refractivity contribution in [3.05, 3.63) is 22.4 Å². The highest BCUT2D eigenvalue weighted by Crippen LogP contribution is 2.19. The zero-order chi connectivity index (χ0) is 13.0. The van der Waals surface area contributed by atoms with Gasteiger partial charge in [-0.15, -0.1) is 0 Å². The summed E-state index contributed by atoms with van der Waals surface area (Å²) in [6.07, 6.45) is 1.34. The van der Waals surface area contributed by atoms with E-state index in [4.69, 9.17) is 4.74 Å². The summed E-state index contributed by atoms with van der Waals surface area (Å²) >= 11 is 1.41. The van der Waals surface area contributed by atoms with Crippen molar-refractivity contribution in [2.75, 3.05) is 13.2 Å². The van der Waals surface area contributed by atoms with Crippen molar-refractivity contribution in [2.24, 2.45) is 5.92 Å². The second-order valence-corrected chi connectivity index (χ2v) is 5.03. The first-order valence-electron chi connectivity index (χ1n) is 5.82. The first kappa shape index (κ1) is 13.0. The van der Waals surface area contributed by atoms with Crippen molar-refractivity contribution in [3.63, 3.8) is 0 Å². The van der Waals surface area contributed by atoms with Crippen LogP contribution in [0.1, 0.15) is 23.2 Å². The van der Waals surface area contributed by atoms with E-state index in [0.29, 0.717) is 31.6 Å². The van der Waals surface area contributed by atoms with Gasteiger partial charge < -0.3 is 15.2 Å². The van der Waals surface area contributed by atoms with Crippen molar-refractivity contribution in [1.82, 2.24) is 5.32 Å². The molecule has 2 rings (SSSR count). The molecule has 1 unspecified atom stereocenters. The maximum Gasteiger partial charge on any atom is 0.326 e. The number of hydrogen-bond donors (Lipinski definition) is 2. The van der Waals surface area contributed by atoms with Crippen LogP contribution < -0.4 is 5.32 Å². The Hall–Kier alpha value is -1.40. The normalized spacial score (nSPS) is 18.2. The number of nitrogens with one attached hydrogen (secondary N) is 1. The van der Waals surface area contributed by atoms with Crippen LogP contribution in [0.4, 0.5) is 0 Å². The second kappa shape index (κ2) is 5.97.